The van der Waals surface area contributed by atoms with Gasteiger partial charge in [0, 0.05) is 12.0 Å². The van der Waals surface area contributed by atoms with E-state index < -0.39 is 0 Å². The Balaban J connectivity index is 1.48. The minimum absolute atomic E-state index is 0.125. The van der Waals surface area contributed by atoms with Crippen LogP contribution in [0.4, 0.5) is 0 Å². The highest BCUT2D eigenvalue weighted by Gasteiger charge is 2.14. The van der Waals surface area contributed by atoms with Gasteiger partial charge in [-0.15, -0.1) is 0 Å². The van der Waals surface area contributed by atoms with Crippen LogP contribution in [0.3, 0.4) is 0 Å². The molecule has 3 aromatic carbocycles. The fourth-order valence-corrected chi connectivity index (χ4v) is 3.43. The normalized spacial score (nSPS) is 10.9. The van der Waals surface area contributed by atoms with Gasteiger partial charge in [0.05, 0.1) is 22.1 Å². The van der Waals surface area contributed by atoms with Crippen LogP contribution in [0.1, 0.15) is 15.9 Å². The van der Waals surface area contributed by atoms with E-state index in [1.165, 1.54) is 5.56 Å². The molecule has 27 heavy (non-hydrogen) atoms. The summed E-state index contributed by atoms with van der Waals surface area (Å²) in [6, 6.07) is 23.2. The maximum absolute atomic E-state index is 12.8. The second-order valence-corrected chi connectivity index (χ2v) is 6.99. The van der Waals surface area contributed by atoms with Gasteiger partial charge >= 0.3 is 0 Å². The number of nitrogens with zero attached hydrogens (tertiary/aromatic N) is 2. The number of halogens is 1. The smallest absolute Gasteiger partial charge is 0.263 e. The molecule has 0 aliphatic rings. The topological polar surface area (TPSA) is 44.1 Å². The number of benzene rings is 3. The van der Waals surface area contributed by atoms with Crippen LogP contribution in [0, 0.1) is 0 Å². The van der Waals surface area contributed by atoms with E-state index in [4.69, 9.17) is 4.74 Å². The molecule has 0 saturated carbocycles. The lowest BCUT2D eigenvalue weighted by molar-refractivity contribution is 0.0964. The number of fused-ring (bicyclic) bond motifs is 1. The Kier molecular flexibility index (Phi) is 5.03. The third-order valence-corrected chi connectivity index (χ3v) is 4.96. The molecule has 0 atom stereocenters. The summed E-state index contributed by atoms with van der Waals surface area (Å²) in [5, 5.41) is 0. The first kappa shape index (κ1) is 17.5. The summed E-state index contributed by atoms with van der Waals surface area (Å²) in [6.07, 6.45) is 2.39. The highest BCUT2D eigenvalue weighted by atomic mass is 79.9. The van der Waals surface area contributed by atoms with Crippen molar-refractivity contribution in [2.24, 2.45) is 0 Å². The number of carbonyl (C=O) groups is 1. The van der Waals surface area contributed by atoms with Crippen LogP contribution in [0.25, 0.3) is 11.0 Å². The number of hydrogen-bond donors (Lipinski definition) is 0. The molecule has 5 heteroatoms. The van der Waals surface area contributed by atoms with E-state index in [9.17, 15) is 4.79 Å². The number of aromatic nitrogens is 2. The zero-order valence-electron chi connectivity index (χ0n) is 14.5. The zero-order valence-corrected chi connectivity index (χ0v) is 16.1. The van der Waals surface area contributed by atoms with Crippen LogP contribution in [0.15, 0.2) is 83.6 Å². The van der Waals surface area contributed by atoms with Gasteiger partial charge in [0.15, 0.2) is 0 Å². The second-order valence-electron chi connectivity index (χ2n) is 6.14. The number of carbonyl (C=O) groups excluding carboxylic acids is 1. The van der Waals surface area contributed by atoms with Crippen molar-refractivity contribution >= 4 is 32.9 Å². The summed E-state index contributed by atoms with van der Waals surface area (Å²) >= 11 is 3.51. The van der Waals surface area contributed by atoms with Gasteiger partial charge in [-0.25, -0.2) is 4.98 Å². The van der Waals surface area contributed by atoms with Crippen LogP contribution >= 0.6 is 15.9 Å². The Morgan fingerprint density at radius 3 is 2.59 bits per heavy atom. The summed E-state index contributed by atoms with van der Waals surface area (Å²) in [5.41, 5.74) is 3.39. The lowest BCUT2D eigenvalue weighted by Crippen LogP contribution is -2.11. The molecule has 0 fully saturated rings. The maximum Gasteiger partial charge on any atom is 0.263 e. The first-order valence-corrected chi connectivity index (χ1v) is 9.45. The second kappa shape index (κ2) is 7.76. The molecule has 0 aliphatic carbocycles. The van der Waals surface area contributed by atoms with Crippen molar-refractivity contribution in [1.82, 2.24) is 9.55 Å². The first-order valence-electron chi connectivity index (χ1n) is 8.65. The molecule has 0 aliphatic heterocycles. The molecular formula is C22H17BrN2O2. The summed E-state index contributed by atoms with van der Waals surface area (Å²) in [7, 11) is 0. The van der Waals surface area contributed by atoms with Crippen LogP contribution in [0.2, 0.25) is 0 Å². The zero-order chi connectivity index (χ0) is 18.6. The molecule has 1 heterocycles. The molecule has 4 rings (SSSR count). The van der Waals surface area contributed by atoms with Gasteiger partial charge in [0.25, 0.3) is 5.91 Å². The van der Waals surface area contributed by atoms with E-state index in [-0.39, 0.29) is 5.91 Å². The van der Waals surface area contributed by atoms with E-state index >= 15 is 0 Å². The van der Waals surface area contributed by atoms with Crippen molar-refractivity contribution in [3.63, 3.8) is 0 Å². The van der Waals surface area contributed by atoms with Gasteiger partial charge in [-0.3, -0.25) is 9.36 Å². The molecule has 4 aromatic rings. The first-order chi connectivity index (χ1) is 13.2. The van der Waals surface area contributed by atoms with Gasteiger partial charge in [-0.05, 0) is 51.8 Å². The molecule has 134 valence electrons. The minimum atomic E-state index is -0.125. The summed E-state index contributed by atoms with van der Waals surface area (Å²) in [4.78, 5) is 17.1. The lowest BCUT2D eigenvalue weighted by atomic mass is 10.2. The number of ether oxygens (including phenoxy) is 1. The van der Waals surface area contributed by atoms with Crippen molar-refractivity contribution in [2.75, 3.05) is 6.61 Å². The highest BCUT2D eigenvalue weighted by molar-refractivity contribution is 9.10. The molecule has 0 unspecified atom stereocenters. The maximum atomic E-state index is 12.8. The largest absolute Gasteiger partial charge is 0.492 e. The Labute approximate surface area is 165 Å². The molecule has 0 radical (unpaired) electrons. The monoisotopic (exact) mass is 420 g/mol. The van der Waals surface area contributed by atoms with Crippen molar-refractivity contribution in [3.05, 3.63) is 94.7 Å². The molecule has 0 N–H and O–H groups in total. The van der Waals surface area contributed by atoms with Crippen molar-refractivity contribution < 1.29 is 9.53 Å². The van der Waals surface area contributed by atoms with Crippen molar-refractivity contribution in [3.8, 4) is 5.75 Å². The van der Waals surface area contributed by atoms with Crippen molar-refractivity contribution in [2.45, 2.75) is 6.42 Å². The molecule has 0 amide bonds. The Bertz CT molecular complexity index is 1090. The molecule has 1 aromatic heterocycles. The standard InChI is InChI=1S/C22H17BrN2O2/c23-18-14-17(22(26)25-15-24-19-8-4-5-9-20(19)25)10-11-21(18)27-13-12-16-6-2-1-3-7-16/h1-11,14-15H,12-13H2. The fraction of sp³-hybridized carbons (Fsp3) is 0.0909. The summed E-state index contributed by atoms with van der Waals surface area (Å²) in [5.74, 6) is 0.596. The molecule has 0 bridgehead atoms. The minimum Gasteiger partial charge on any atom is -0.492 e. The van der Waals surface area contributed by atoms with E-state index in [1.807, 2.05) is 48.5 Å². The molecular weight excluding hydrogens is 404 g/mol. The van der Waals surface area contributed by atoms with E-state index in [0.29, 0.717) is 12.2 Å². The van der Waals surface area contributed by atoms with Gasteiger partial charge in [0.2, 0.25) is 0 Å². The Morgan fingerprint density at radius 2 is 1.78 bits per heavy atom. The van der Waals surface area contributed by atoms with Crippen molar-refractivity contribution in [1.29, 1.82) is 0 Å². The number of imidazole rings is 1. The number of para-hydroxylation sites is 2. The quantitative estimate of drug-likeness (QED) is 0.450. The highest BCUT2D eigenvalue weighted by Crippen LogP contribution is 2.27. The molecule has 0 spiro atoms. The summed E-state index contributed by atoms with van der Waals surface area (Å²) in [6.45, 7) is 0.571. The van der Waals surface area contributed by atoms with Crippen LogP contribution < -0.4 is 4.74 Å². The number of hydrogen-bond acceptors (Lipinski definition) is 3. The van der Waals surface area contributed by atoms with Crippen LogP contribution in [0.5, 0.6) is 5.75 Å². The number of rotatable bonds is 5. The Morgan fingerprint density at radius 1 is 1.00 bits per heavy atom. The predicted octanol–water partition coefficient (Wildman–Crippen LogP) is 5.11. The third-order valence-electron chi connectivity index (χ3n) is 4.34. The van der Waals surface area contributed by atoms with Gasteiger partial charge < -0.3 is 4.74 Å². The Hall–Kier alpha value is -2.92. The lowest BCUT2D eigenvalue weighted by Gasteiger charge is -2.10. The average molecular weight is 421 g/mol. The average Bonchev–Trinajstić information content (AvgIpc) is 3.13. The third kappa shape index (κ3) is 3.78. The van der Waals surface area contributed by atoms with E-state index in [2.05, 4.69) is 33.0 Å². The molecule has 4 nitrogen and oxygen atoms in total. The van der Waals surface area contributed by atoms with Gasteiger partial charge in [0.1, 0.15) is 12.1 Å². The SMILES string of the molecule is O=C(c1ccc(OCCc2ccccc2)c(Br)c1)n1cnc2ccccc21. The van der Waals surface area contributed by atoms with E-state index in [0.717, 1.165) is 27.7 Å². The molecule has 0 saturated heterocycles. The van der Waals surface area contributed by atoms with Crippen LogP contribution in [-0.2, 0) is 6.42 Å². The van der Waals surface area contributed by atoms with E-state index in [1.54, 1.807) is 23.0 Å². The fourth-order valence-electron chi connectivity index (χ4n) is 2.93. The van der Waals surface area contributed by atoms with Gasteiger partial charge in [-0.2, -0.15) is 0 Å². The van der Waals surface area contributed by atoms with Crippen LogP contribution in [-0.4, -0.2) is 22.1 Å². The van der Waals surface area contributed by atoms with Gasteiger partial charge in [-0.1, -0.05) is 42.5 Å². The predicted molar refractivity (Wildman–Crippen MR) is 109 cm³/mol. The summed E-state index contributed by atoms with van der Waals surface area (Å²) < 4.78 is 8.18.